The largest absolute Gasteiger partial charge is 0.493 e. The second-order valence-electron chi connectivity index (χ2n) is 2.72. The molecule has 2 heterocycles. The predicted octanol–water partition coefficient (Wildman–Crippen LogP) is 2.06. The summed E-state index contributed by atoms with van der Waals surface area (Å²) in [4.78, 5) is 3.61. The Balaban J connectivity index is 2.82. The van der Waals surface area contributed by atoms with Crippen molar-refractivity contribution in [2.75, 3.05) is 0 Å². The number of aromatic hydroxyl groups is 1. The summed E-state index contributed by atoms with van der Waals surface area (Å²) in [6, 6.07) is 3.51. The van der Waals surface area contributed by atoms with Crippen LogP contribution >= 0.6 is 0 Å². The normalized spacial score (nSPS) is 12.2. The number of fused-ring (bicyclic) bond motifs is 1. The summed E-state index contributed by atoms with van der Waals surface area (Å²) in [5.41, 5.74) is -0.873. The average Bonchev–Trinajstić information content (AvgIpc) is 2.46. The van der Waals surface area contributed by atoms with E-state index in [4.69, 9.17) is 5.11 Å². The van der Waals surface area contributed by atoms with Crippen molar-refractivity contribution in [3.8, 4) is 5.88 Å². The van der Waals surface area contributed by atoms with Gasteiger partial charge < -0.3 is 5.11 Å². The predicted molar refractivity (Wildman–Crippen MR) is 41.9 cm³/mol. The van der Waals surface area contributed by atoms with Gasteiger partial charge in [-0.3, -0.25) is 4.40 Å². The zero-order valence-corrected chi connectivity index (χ0v) is 6.78. The van der Waals surface area contributed by atoms with Crippen LogP contribution in [0.5, 0.6) is 5.88 Å². The standard InChI is InChI=1S/C8H5F3N2O/c9-8(10,11)5-2-1-3-6-12-4-7(14)13(5)6/h1-4,14H. The summed E-state index contributed by atoms with van der Waals surface area (Å²) in [5, 5.41) is 9.16. The summed E-state index contributed by atoms with van der Waals surface area (Å²) in [6.07, 6.45) is -3.53. The summed E-state index contributed by atoms with van der Waals surface area (Å²) in [7, 11) is 0. The topological polar surface area (TPSA) is 37.5 Å². The molecule has 0 aliphatic rings. The second kappa shape index (κ2) is 2.63. The molecule has 3 nitrogen and oxygen atoms in total. The lowest BCUT2D eigenvalue weighted by Crippen LogP contribution is -2.10. The van der Waals surface area contributed by atoms with E-state index in [0.717, 1.165) is 12.3 Å². The molecule has 0 spiro atoms. The van der Waals surface area contributed by atoms with Gasteiger partial charge in [-0.05, 0) is 12.1 Å². The van der Waals surface area contributed by atoms with Gasteiger partial charge in [0.2, 0.25) is 5.88 Å². The molecule has 74 valence electrons. The molecule has 0 bridgehead atoms. The Kier molecular flexibility index (Phi) is 1.67. The average molecular weight is 202 g/mol. The van der Waals surface area contributed by atoms with Gasteiger partial charge in [-0.1, -0.05) is 6.07 Å². The Morgan fingerprint density at radius 2 is 2.00 bits per heavy atom. The van der Waals surface area contributed by atoms with Crippen molar-refractivity contribution in [3.63, 3.8) is 0 Å². The molecule has 0 aromatic carbocycles. The highest BCUT2D eigenvalue weighted by Crippen LogP contribution is 2.31. The molecule has 14 heavy (non-hydrogen) atoms. The molecule has 2 rings (SSSR count). The molecular weight excluding hydrogens is 197 g/mol. The molecule has 0 radical (unpaired) electrons. The van der Waals surface area contributed by atoms with E-state index in [2.05, 4.69) is 4.98 Å². The third-order valence-electron chi connectivity index (χ3n) is 1.80. The molecule has 2 aromatic heterocycles. The highest BCUT2D eigenvalue weighted by molar-refractivity contribution is 5.44. The molecule has 0 amide bonds. The zero-order chi connectivity index (χ0) is 10.3. The van der Waals surface area contributed by atoms with Gasteiger partial charge in [0.1, 0.15) is 11.3 Å². The molecule has 2 aromatic rings. The zero-order valence-electron chi connectivity index (χ0n) is 6.78. The minimum Gasteiger partial charge on any atom is -0.493 e. The summed E-state index contributed by atoms with van der Waals surface area (Å²) >= 11 is 0. The molecule has 0 atom stereocenters. The quantitative estimate of drug-likeness (QED) is 0.709. The number of hydrogen-bond donors (Lipinski definition) is 1. The van der Waals surface area contributed by atoms with Crippen LogP contribution in [0.25, 0.3) is 5.65 Å². The lowest BCUT2D eigenvalue weighted by atomic mass is 10.3. The maximum atomic E-state index is 12.4. The van der Waals surface area contributed by atoms with Gasteiger partial charge in [-0.25, -0.2) is 4.98 Å². The van der Waals surface area contributed by atoms with Crippen LogP contribution in [0.4, 0.5) is 13.2 Å². The van der Waals surface area contributed by atoms with Crippen molar-refractivity contribution in [1.82, 2.24) is 9.38 Å². The van der Waals surface area contributed by atoms with Crippen LogP contribution in [-0.4, -0.2) is 14.5 Å². The maximum Gasteiger partial charge on any atom is 0.431 e. The van der Waals surface area contributed by atoms with Crippen LogP contribution < -0.4 is 0 Å². The number of halogens is 3. The van der Waals surface area contributed by atoms with E-state index in [1.807, 2.05) is 0 Å². The second-order valence-corrected chi connectivity index (χ2v) is 2.72. The van der Waals surface area contributed by atoms with Crippen LogP contribution in [-0.2, 0) is 6.18 Å². The van der Waals surface area contributed by atoms with Crippen LogP contribution in [0, 0.1) is 0 Å². The molecule has 1 N–H and O–H groups in total. The Bertz CT molecular complexity index is 475. The smallest absolute Gasteiger partial charge is 0.431 e. The van der Waals surface area contributed by atoms with Crippen molar-refractivity contribution in [1.29, 1.82) is 0 Å². The van der Waals surface area contributed by atoms with Gasteiger partial charge in [0.05, 0.1) is 6.20 Å². The van der Waals surface area contributed by atoms with E-state index in [-0.39, 0.29) is 5.65 Å². The Hall–Kier alpha value is -1.72. The third kappa shape index (κ3) is 1.19. The number of pyridine rings is 1. The van der Waals surface area contributed by atoms with Crippen LogP contribution in [0.3, 0.4) is 0 Å². The minimum atomic E-state index is -4.50. The lowest BCUT2D eigenvalue weighted by Gasteiger charge is -2.09. The van der Waals surface area contributed by atoms with Crippen molar-refractivity contribution >= 4 is 5.65 Å². The first kappa shape index (κ1) is 8.86. The number of alkyl halides is 3. The van der Waals surface area contributed by atoms with Crippen molar-refractivity contribution < 1.29 is 18.3 Å². The fraction of sp³-hybridized carbons (Fsp3) is 0.125. The Labute approximate surface area is 76.4 Å². The minimum absolute atomic E-state index is 0.0670. The molecular formula is C8H5F3N2O. The number of aromatic nitrogens is 2. The first-order valence-corrected chi connectivity index (χ1v) is 3.73. The number of imidazole rings is 1. The van der Waals surface area contributed by atoms with Crippen molar-refractivity contribution in [2.24, 2.45) is 0 Å². The third-order valence-corrected chi connectivity index (χ3v) is 1.80. The number of hydrogen-bond acceptors (Lipinski definition) is 2. The summed E-state index contributed by atoms with van der Waals surface area (Å²) < 4.78 is 37.9. The summed E-state index contributed by atoms with van der Waals surface area (Å²) in [6.45, 7) is 0. The number of rotatable bonds is 0. The molecule has 0 saturated carbocycles. The van der Waals surface area contributed by atoms with Gasteiger partial charge in [0.25, 0.3) is 0 Å². The summed E-state index contributed by atoms with van der Waals surface area (Å²) in [5.74, 6) is -0.520. The first-order valence-electron chi connectivity index (χ1n) is 3.73. The Morgan fingerprint density at radius 1 is 1.29 bits per heavy atom. The van der Waals surface area contributed by atoms with Crippen LogP contribution in [0.1, 0.15) is 5.69 Å². The highest BCUT2D eigenvalue weighted by atomic mass is 19.4. The van der Waals surface area contributed by atoms with Gasteiger partial charge in [-0.15, -0.1) is 0 Å². The van der Waals surface area contributed by atoms with E-state index in [0.29, 0.717) is 4.40 Å². The number of nitrogens with zero attached hydrogens (tertiary/aromatic N) is 2. The van der Waals surface area contributed by atoms with Crippen molar-refractivity contribution in [2.45, 2.75) is 6.18 Å². The van der Waals surface area contributed by atoms with Crippen molar-refractivity contribution in [3.05, 3.63) is 30.1 Å². The van der Waals surface area contributed by atoms with Gasteiger partial charge >= 0.3 is 6.18 Å². The molecule has 6 heteroatoms. The van der Waals surface area contributed by atoms with Gasteiger partial charge in [-0.2, -0.15) is 13.2 Å². The molecule has 0 saturated heterocycles. The van der Waals surface area contributed by atoms with Gasteiger partial charge in [0.15, 0.2) is 0 Å². The van der Waals surface area contributed by atoms with E-state index < -0.39 is 17.8 Å². The fourth-order valence-corrected chi connectivity index (χ4v) is 1.24. The van der Waals surface area contributed by atoms with E-state index in [1.54, 1.807) is 0 Å². The maximum absolute atomic E-state index is 12.4. The molecule has 0 aliphatic heterocycles. The van der Waals surface area contributed by atoms with E-state index >= 15 is 0 Å². The van der Waals surface area contributed by atoms with Crippen LogP contribution in [0.2, 0.25) is 0 Å². The van der Waals surface area contributed by atoms with Crippen LogP contribution in [0.15, 0.2) is 24.4 Å². The Morgan fingerprint density at radius 3 is 2.64 bits per heavy atom. The van der Waals surface area contributed by atoms with E-state index in [1.165, 1.54) is 12.1 Å². The monoisotopic (exact) mass is 202 g/mol. The SMILES string of the molecule is Oc1cnc2cccc(C(F)(F)F)n12. The molecule has 0 aliphatic carbocycles. The lowest BCUT2D eigenvalue weighted by molar-refractivity contribution is -0.142. The molecule has 0 fully saturated rings. The highest BCUT2D eigenvalue weighted by Gasteiger charge is 2.34. The van der Waals surface area contributed by atoms with Gasteiger partial charge in [0, 0.05) is 0 Å². The fourth-order valence-electron chi connectivity index (χ4n) is 1.24. The first-order chi connectivity index (χ1) is 6.50. The molecule has 0 unspecified atom stereocenters. The van der Waals surface area contributed by atoms with E-state index in [9.17, 15) is 13.2 Å².